The quantitative estimate of drug-likeness (QED) is 0.398. The SMILES string of the molecule is CCOc1ccc(NC(=O)CSc2nnc(-c3cc(Br)c(CC)s3)n2CC)cc1. The lowest BCUT2D eigenvalue weighted by Crippen LogP contribution is -2.14. The zero-order chi connectivity index (χ0) is 20.8. The third-order valence-electron chi connectivity index (χ3n) is 4.11. The van der Waals surface area contributed by atoms with Gasteiger partial charge < -0.3 is 14.6 Å². The fourth-order valence-electron chi connectivity index (χ4n) is 2.75. The zero-order valence-electron chi connectivity index (χ0n) is 16.6. The first-order chi connectivity index (χ1) is 14.0. The van der Waals surface area contributed by atoms with E-state index in [1.54, 1.807) is 11.3 Å². The van der Waals surface area contributed by atoms with E-state index < -0.39 is 0 Å². The van der Waals surface area contributed by atoms with Crippen molar-refractivity contribution in [2.45, 2.75) is 38.9 Å². The van der Waals surface area contributed by atoms with E-state index in [1.807, 2.05) is 35.8 Å². The van der Waals surface area contributed by atoms with Gasteiger partial charge in [-0.3, -0.25) is 4.79 Å². The molecular weight excluding hydrogens is 472 g/mol. The van der Waals surface area contributed by atoms with E-state index in [0.29, 0.717) is 6.61 Å². The van der Waals surface area contributed by atoms with Crippen LogP contribution in [0.4, 0.5) is 5.69 Å². The van der Waals surface area contributed by atoms with Gasteiger partial charge in [-0.25, -0.2) is 0 Å². The van der Waals surface area contributed by atoms with Gasteiger partial charge in [0.05, 0.1) is 17.2 Å². The third kappa shape index (κ3) is 5.40. The van der Waals surface area contributed by atoms with E-state index in [-0.39, 0.29) is 11.7 Å². The minimum absolute atomic E-state index is 0.0847. The Balaban J connectivity index is 1.64. The number of carbonyl (C=O) groups excluding carboxylic acids is 1. The van der Waals surface area contributed by atoms with Crippen LogP contribution in [0.1, 0.15) is 25.6 Å². The number of anilines is 1. The number of carbonyl (C=O) groups is 1. The van der Waals surface area contributed by atoms with Crippen LogP contribution in [0.5, 0.6) is 5.75 Å². The van der Waals surface area contributed by atoms with E-state index >= 15 is 0 Å². The van der Waals surface area contributed by atoms with Gasteiger partial charge in [0.2, 0.25) is 5.91 Å². The third-order valence-corrected chi connectivity index (χ3v) is 7.33. The maximum Gasteiger partial charge on any atom is 0.234 e. The molecule has 3 rings (SSSR count). The number of thiophene rings is 1. The summed E-state index contributed by atoms with van der Waals surface area (Å²) in [6, 6.07) is 9.44. The minimum atomic E-state index is -0.0847. The second kappa shape index (κ2) is 10.3. The van der Waals surface area contributed by atoms with Crippen LogP contribution in [0, 0.1) is 0 Å². The topological polar surface area (TPSA) is 69.0 Å². The molecule has 1 amide bonds. The highest BCUT2D eigenvalue weighted by atomic mass is 79.9. The molecule has 0 aliphatic rings. The van der Waals surface area contributed by atoms with Crippen molar-refractivity contribution in [1.82, 2.24) is 14.8 Å². The van der Waals surface area contributed by atoms with Gasteiger partial charge in [-0.2, -0.15) is 0 Å². The molecule has 0 fully saturated rings. The number of benzene rings is 1. The molecule has 2 heterocycles. The smallest absolute Gasteiger partial charge is 0.234 e. The van der Waals surface area contributed by atoms with E-state index in [1.165, 1.54) is 16.6 Å². The molecule has 0 saturated carbocycles. The lowest BCUT2D eigenvalue weighted by molar-refractivity contribution is -0.113. The Morgan fingerprint density at radius 2 is 2.00 bits per heavy atom. The summed E-state index contributed by atoms with van der Waals surface area (Å²) in [6.07, 6.45) is 0.971. The van der Waals surface area contributed by atoms with E-state index in [9.17, 15) is 4.79 Å². The van der Waals surface area contributed by atoms with Gasteiger partial charge in [0.15, 0.2) is 11.0 Å². The van der Waals surface area contributed by atoms with E-state index in [4.69, 9.17) is 4.74 Å². The summed E-state index contributed by atoms with van der Waals surface area (Å²) < 4.78 is 8.57. The van der Waals surface area contributed by atoms with Crippen LogP contribution in [-0.2, 0) is 17.8 Å². The molecule has 0 unspecified atom stereocenters. The highest BCUT2D eigenvalue weighted by Gasteiger charge is 2.17. The highest BCUT2D eigenvalue weighted by molar-refractivity contribution is 9.10. The van der Waals surface area contributed by atoms with E-state index in [2.05, 4.69) is 51.4 Å². The second-order valence-corrected chi connectivity index (χ2v) is 9.01. The Bertz CT molecular complexity index is 970. The van der Waals surface area contributed by atoms with Crippen molar-refractivity contribution in [3.63, 3.8) is 0 Å². The fourth-order valence-corrected chi connectivity index (χ4v) is 5.44. The van der Waals surface area contributed by atoms with Crippen LogP contribution in [0.25, 0.3) is 10.7 Å². The molecule has 1 N–H and O–H groups in total. The average molecular weight is 495 g/mol. The van der Waals surface area contributed by atoms with Gasteiger partial charge in [-0.15, -0.1) is 21.5 Å². The van der Waals surface area contributed by atoms with Crippen molar-refractivity contribution in [2.75, 3.05) is 17.7 Å². The molecule has 2 aromatic heterocycles. The molecule has 6 nitrogen and oxygen atoms in total. The molecule has 0 spiro atoms. The fraction of sp³-hybridized carbons (Fsp3) is 0.350. The van der Waals surface area contributed by atoms with Gasteiger partial charge >= 0.3 is 0 Å². The van der Waals surface area contributed by atoms with Crippen molar-refractivity contribution < 1.29 is 9.53 Å². The van der Waals surface area contributed by atoms with Crippen molar-refractivity contribution >= 4 is 50.6 Å². The number of hydrogen-bond donors (Lipinski definition) is 1. The number of rotatable bonds is 9. The summed E-state index contributed by atoms with van der Waals surface area (Å²) in [7, 11) is 0. The monoisotopic (exact) mass is 494 g/mol. The molecule has 0 atom stereocenters. The number of nitrogens with one attached hydrogen (secondary N) is 1. The first-order valence-electron chi connectivity index (χ1n) is 9.42. The Kier molecular flexibility index (Phi) is 7.74. The lowest BCUT2D eigenvalue weighted by atomic mass is 10.3. The lowest BCUT2D eigenvalue weighted by Gasteiger charge is -2.08. The number of ether oxygens (including phenoxy) is 1. The number of nitrogens with zero attached hydrogens (tertiary/aromatic N) is 3. The number of halogens is 1. The number of aromatic nitrogens is 3. The molecule has 29 heavy (non-hydrogen) atoms. The number of amides is 1. The molecule has 0 radical (unpaired) electrons. The molecule has 9 heteroatoms. The van der Waals surface area contributed by atoms with E-state index in [0.717, 1.165) is 44.7 Å². The molecular formula is C20H23BrN4O2S2. The Morgan fingerprint density at radius 1 is 1.24 bits per heavy atom. The van der Waals surface area contributed by atoms with Crippen LogP contribution >= 0.6 is 39.0 Å². The summed E-state index contributed by atoms with van der Waals surface area (Å²) in [6.45, 7) is 7.48. The van der Waals surface area contributed by atoms with Crippen LogP contribution in [0.15, 0.2) is 40.0 Å². The molecule has 1 aromatic carbocycles. The first-order valence-corrected chi connectivity index (χ1v) is 12.0. The highest BCUT2D eigenvalue weighted by Crippen LogP contribution is 2.35. The van der Waals surface area contributed by atoms with Crippen LogP contribution in [-0.4, -0.2) is 33.0 Å². The Morgan fingerprint density at radius 3 is 2.62 bits per heavy atom. The minimum Gasteiger partial charge on any atom is -0.494 e. The molecule has 0 saturated heterocycles. The molecule has 3 aromatic rings. The molecule has 0 bridgehead atoms. The van der Waals surface area contributed by atoms with Crippen molar-refractivity contribution in [2.24, 2.45) is 0 Å². The Hall–Kier alpha value is -1.84. The average Bonchev–Trinajstić information content (AvgIpc) is 3.30. The summed E-state index contributed by atoms with van der Waals surface area (Å²) in [5.41, 5.74) is 0.743. The predicted molar refractivity (Wildman–Crippen MR) is 123 cm³/mol. The zero-order valence-corrected chi connectivity index (χ0v) is 19.8. The van der Waals surface area contributed by atoms with Crippen molar-refractivity contribution in [3.8, 4) is 16.5 Å². The van der Waals surface area contributed by atoms with Crippen LogP contribution in [0.2, 0.25) is 0 Å². The van der Waals surface area contributed by atoms with Crippen molar-refractivity contribution in [1.29, 1.82) is 0 Å². The van der Waals surface area contributed by atoms with Crippen LogP contribution in [0.3, 0.4) is 0 Å². The molecule has 0 aliphatic heterocycles. The summed E-state index contributed by atoms with van der Waals surface area (Å²) in [5.74, 6) is 1.81. The van der Waals surface area contributed by atoms with Gasteiger partial charge in [0.1, 0.15) is 5.75 Å². The molecule has 0 aliphatic carbocycles. The summed E-state index contributed by atoms with van der Waals surface area (Å²) in [4.78, 5) is 14.7. The predicted octanol–water partition coefficient (Wildman–Crippen LogP) is 5.48. The maximum absolute atomic E-state index is 12.3. The normalized spacial score (nSPS) is 10.9. The van der Waals surface area contributed by atoms with Crippen molar-refractivity contribution in [3.05, 3.63) is 39.7 Å². The van der Waals surface area contributed by atoms with Gasteiger partial charge in [-0.05, 0) is 66.5 Å². The second-order valence-electron chi connectivity index (χ2n) is 6.08. The van der Waals surface area contributed by atoms with Crippen LogP contribution < -0.4 is 10.1 Å². The first kappa shape index (κ1) is 21.9. The van der Waals surface area contributed by atoms with Gasteiger partial charge in [0, 0.05) is 21.6 Å². The Labute approximate surface area is 187 Å². The summed E-state index contributed by atoms with van der Waals surface area (Å²) >= 11 is 6.71. The van der Waals surface area contributed by atoms with Gasteiger partial charge in [0.25, 0.3) is 0 Å². The molecule has 154 valence electrons. The summed E-state index contributed by atoms with van der Waals surface area (Å²) in [5, 5.41) is 12.3. The number of thioether (sulfide) groups is 1. The largest absolute Gasteiger partial charge is 0.494 e. The maximum atomic E-state index is 12.3. The standard InChI is InChI=1S/C20H23BrN4O2S2/c1-4-16-15(21)11-17(29-16)19-23-24-20(25(19)5-2)28-12-18(26)22-13-7-9-14(10-8-13)27-6-3/h7-11H,4-6,12H2,1-3H3,(H,22,26). The number of aryl methyl sites for hydroxylation is 1. The number of hydrogen-bond acceptors (Lipinski definition) is 6. The van der Waals surface area contributed by atoms with Gasteiger partial charge in [-0.1, -0.05) is 18.7 Å².